The second kappa shape index (κ2) is 7.96. The van der Waals surface area contributed by atoms with E-state index in [1.807, 2.05) is 18.2 Å². The van der Waals surface area contributed by atoms with Gasteiger partial charge in [0.1, 0.15) is 5.75 Å². The van der Waals surface area contributed by atoms with E-state index in [0.717, 1.165) is 36.2 Å². The van der Waals surface area contributed by atoms with Gasteiger partial charge in [-0.3, -0.25) is 0 Å². The topological polar surface area (TPSA) is 21.3 Å². The van der Waals surface area contributed by atoms with Gasteiger partial charge in [-0.1, -0.05) is 34.5 Å². The molecule has 1 N–H and O–H groups in total. The van der Waals surface area contributed by atoms with Crippen LogP contribution in [0.4, 0.5) is 0 Å². The highest BCUT2D eigenvalue weighted by Crippen LogP contribution is 2.29. The van der Waals surface area contributed by atoms with Crippen molar-refractivity contribution in [1.29, 1.82) is 0 Å². The van der Waals surface area contributed by atoms with Crippen LogP contribution in [-0.2, 0) is 0 Å². The molecule has 1 atom stereocenters. The molecule has 0 amide bonds. The van der Waals surface area contributed by atoms with Crippen molar-refractivity contribution >= 4 is 27.5 Å². The molecule has 0 spiro atoms. The van der Waals surface area contributed by atoms with Crippen LogP contribution in [-0.4, -0.2) is 19.2 Å². The summed E-state index contributed by atoms with van der Waals surface area (Å²) in [5.41, 5.74) is 0. The Kier molecular flexibility index (Phi) is 6.93. The Hall–Kier alpha value is -0.250. The minimum atomic E-state index is 0.181. The quantitative estimate of drug-likeness (QED) is 0.758. The van der Waals surface area contributed by atoms with Crippen molar-refractivity contribution in [3.05, 3.63) is 27.7 Å². The molecule has 1 aromatic carbocycles. The van der Waals surface area contributed by atoms with Crippen LogP contribution in [0.3, 0.4) is 0 Å². The summed E-state index contributed by atoms with van der Waals surface area (Å²) < 4.78 is 6.80. The van der Waals surface area contributed by atoms with Gasteiger partial charge in [-0.05, 0) is 51.1 Å². The Morgan fingerprint density at radius 1 is 1.47 bits per heavy atom. The summed E-state index contributed by atoms with van der Waals surface area (Å²) in [6.45, 7) is 6.24. The van der Waals surface area contributed by atoms with Gasteiger partial charge < -0.3 is 10.1 Å². The summed E-state index contributed by atoms with van der Waals surface area (Å²) in [6.07, 6.45) is 2.32. The molecule has 0 aromatic heterocycles. The highest BCUT2D eigenvalue weighted by atomic mass is 79.9. The number of ether oxygens (including phenoxy) is 1. The largest absolute Gasteiger partial charge is 0.489 e. The van der Waals surface area contributed by atoms with E-state index in [-0.39, 0.29) is 6.10 Å². The lowest BCUT2D eigenvalue weighted by atomic mass is 10.2. The third-order valence-electron chi connectivity index (χ3n) is 2.44. The Labute approximate surface area is 117 Å². The lowest BCUT2D eigenvalue weighted by Gasteiger charge is -2.16. The van der Waals surface area contributed by atoms with E-state index in [4.69, 9.17) is 16.3 Å². The van der Waals surface area contributed by atoms with Gasteiger partial charge in [-0.15, -0.1) is 0 Å². The normalized spacial score (nSPS) is 12.5. The molecule has 0 heterocycles. The number of halogens is 2. The van der Waals surface area contributed by atoms with Crippen LogP contribution in [0.5, 0.6) is 5.75 Å². The fourth-order valence-corrected chi connectivity index (χ4v) is 2.04. The molecule has 0 aliphatic heterocycles. The maximum atomic E-state index is 6.07. The zero-order valence-corrected chi connectivity index (χ0v) is 12.6. The van der Waals surface area contributed by atoms with Crippen LogP contribution >= 0.6 is 27.5 Å². The lowest BCUT2D eigenvalue weighted by Crippen LogP contribution is -2.18. The Balaban J connectivity index is 2.39. The van der Waals surface area contributed by atoms with E-state index < -0.39 is 0 Å². The van der Waals surface area contributed by atoms with Gasteiger partial charge in [0, 0.05) is 4.47 Å². The minimum absolute atomic E-state index is 0.181. The van der Waals surface area contributed by atoms with E-state index >= 15 is 0 Å². The van der Waals surface area contributed by atoms with Crippen LogP contribution < -0.4 is 10.1 Å². The third kappa shape index (κ3) is 5.75. The Bertz CT molecular complexity index is 346. The van der Waals surface area contributed by atoms with Crippen molar-refractivity contribution in [1.82, 2.24) is 5.32 Å². The lowest BCUT2D eigenvalue weighted by molar-refractivity contribution is 0.207. The van der Waals surface area contributed by atoms with Crippen molar-refractivity contribution < 1.29 is 4.74 Å². The average molecular weight is 321 g/mol. The maximum Gasteiger partial charge on any atom is 0.139 e. The monoisotopic (exact) mass is 319 g/mol. The molecule has 0 saturated heterocycles. The number of hydrogen-bond donors (Lipinski definition) is 1. The minimum Gasteiger partial charge on any atom is -0.489 e. The zero-order chi connectivity index (χ0) is 12.7. The van der Waals surface area contributed by atoms with E-state index in [1.54, 1.807) is 0 Å². The predicted octanol–water partition coefficient (Wildman–Crippen LogP) is 4.26. The first-order valence-corrected chi connectivity index (χ1v) is 7.13. The van der Waals surface area contributed by atoms with Crippen molar-refractivity contribution in [2.75, 3.05) is 13.1 Å². The highest BCUT2D eigenvalue weighted by Gasteiger charge is 2.07. The molecule has 0 bridgehead atoms. The molecule has 0 radical (unpaired) electrons. The summed E-state index contributed by atoms with van der Waals surface area (Å²) in [4.78, 5) is 0. The summed E-state index contributed by atoms with van der Waals surface area (Å²) in [5, 5.41) is 3.96. The van der Waals surface area contributed by atoms with Gasteiger partial charge in [0.05, 0.1) is 11.1 Å². The molecular weight excluding hydrogens is 302 g/mol. The van der Waals surface area contributed by atoms with Gasteiger partial charge in [0.2, 0.25) is 0 Å². The van der Waals surface area contributed by atoms with Crippen LogP contribution in [0.1, 0.15) is 26.7 Å². The molecule has 1 unspecified atom stereocenters. The Morgan fingerprint density at radius 2 is 2.24 bits per heavy atom. The summed E-state index contributed by atoms with van der Waals surface area (Å²) in [7, 11) is 0. The molecule has 2 nitrogen and oxygen atoms in total. The zero-order valence-electron chi connectivity index (χ0n) is 10.3. The summed E-state index contributed by atoms with van der Waals surface area (Å²) in [5.74, 6) is 0.747. The first kappa shape index (κ1) is 14.8. The van der Waals surface area contributed by atoms with Crippen molar-refractivity contribution in [3.63, 3.8) is 0 Å². The van der Waals surface area contributed by atoms with Gasteiger partial charge >= 0.3 is 0 Å². The number of nitrogens with one attached hydrogen (secondary N) is 1. The molecule has 96 valence electrons. The third-order valence-corrected chi connectivity index (χ3v) is 3.24. The van der Waals surface area contributed by atoms with E-state index in [0.29, 0.717) is 5.02 Å². The Morgan fingerprint density at radius 3 is 2.94 bits per heavy atom. The summed E-state index contributed by atoms with van der Waals surface area (Å²) >= 11 is 9.48. The van der Waals surface area contributed by atoms with Crippen molar-refractivity contribution in [2.45, 2.75) is 32.8 Å². The van der Waals surface area contributed by atoms with Gasteiger partial charge in [-0.25, -0.2) is 0 Å². The molecule has 0 aliphatic rings. The van der Waals surface area contributed by atoms with Gasteiger partial charge in [0.25, 0.3) is 0 Å². The SMILES string of the molecule is CCNCCCC(C)Oc1cc(Br)ccc1Cl. The maximum absolute atomic E-state index is 6.07. The average Bonchev–Trinajstić information content (AvgIpc) is 2.29. The molecular formula is C13H19BrClNO. The highest BCUT2D eigenvalue weighted by molar-refractivity contribution is 9.10. The number of rotatable bonds is 7. The number of benzene rings is 1. The molecule has 17 heavy (non-hydrogen) atoms. The number of hydrogen-bond acceptors (Lipinski definition) is 2. The molecule has 4 heteroatoms. The molecule has 0 fully saturated rings. The fraction of sp³-hybridized carbons (Fsp3) is 0.538. The molecule has 0 saturated carbocycles. The van der Waals surface area contributed by atoms with Crippen molar-refractivity contribution in [3.8, 4) is 5.75 Å². The predicted molar refractivity (Wildman–Crippen MR) is 77.0 cm³/mol. The smallest absolute Gasteiger partial charge is 0.139 e. The van der Waals surface area contributed by atoms with E-state index in [1.165, 1.54) is 0 Å². The van der Waals surface area contributed by atoms with Gasteiger partial charge in [0.15, 0.2) is 0 Å². The van der Waals surface area contributed by atoms with Crippen LogP contribution in [0, 0.1) is 0 Å². The van der Waals surface area contributed by atoms with Crippen LogP contribution in [0.25, 0.3) is 0 Å². The summed E-state index contributed by atoms with van der Waals surface area (Å²) in [6, 6.07) is 5.65. The molecule has 0 aliphatic carbocycles. The van der Waals surface area contributed by atoms with Crippen LogP contribution in [0.15, 0.2) is 22.7 Å². The fourth-order valence-electron chi connectivity index (χ4n) is 1.53. The van der Waals surface area contributed by atoms with E-state index in [9.17, 15) is 0 Å². The second-order valence-electron chi connectivity index (χ2n) is 4.00. The molecule has 1 rings (SSSR count). The molecule has 1 aromatic rings. The van der Waals surface area contributed by atoms with Crippen LogP contribution in [0.2, 0.25) is 5.02 Å². The first-order chi connectivity index (χ1) is 8.13. The van der Waals surface area contributed by atoms with Crippen molar-refractivity contribution in [2.24, 2.45) is 0 Å². The second-order valence-corrected chi connectivity index (χ2v) is 5.32. The standard InChI is InChI=1S/C13H19BrClNO/c1-3-16-8-4-5-10(2)17-13-9-11(14)6-7-12(13)15/h6-7,9-10,16H,3-5,8H2,1-2H3. The van der Waals surface area contributed by atoms with E-state index in [2.05, 4.69) is 35.1 Å². The van der Waals surface area contributed by atoms with Gasteiger partial charge in [-0.2, -0.15) is 0 Å². The first-order valence-electron chi connectivity index (χ1n) is 5.96.